The lowest BCUT2D eigenvalue weighted by Gasteiger charge is -2.26. The molecule has 27 heavy (non-hydrogen) atoms. The van der Waals surface area contributed by atoms with Crippen LogP contribution in [-0.4, -0.2) is 38.2 Å². The van der Waals surface area contributed by atoms with Crippen LogP contribution in [0, 0.1) is 0 Å². The van der Waals surface area contributed by atoms with Crippen molar-refractivity contribution in [1.82, 2.24) is 4.90 Å². The molecule has 0 aliphatic carbocycles. The van der Waals surface area contributed by atoms with Crippen LogP contribution < -0.4 is 14.2 Å². The highest BCUT2D eigenvalue weighted by molar-refractivity contribution is 5.94. The van der Waals surface area contributed by atoms with Crippen molar-refractivity contribution < 1.29 is 27.8 Å². The highest BCUT2D eigenvalue weighted by Crippen LogP contribution is 2.37. The monoisotopic (exact) mass is 377 g/mol. The number of alkyl halides is 2. The van der Waals surface area contributed by atoms with Crippen molar-refractivity contribution >= 4 is 5.91 Å². The first kappa shape index (κ1) is 18.9. The van der Waals surface area contributed by atoms with Crippen LogP contribution in [-0.2, 0) is 0 Å². The lowest BCUT2D eigenvalue weighted by Crippen LogP contribution is -2.30. The topological polar surface area (TPSA) is 48.0 Å². The highest BCUT2D eigenvalue weighted by atomic mass is 19.3. The van der Waals surface area contributed by atoms with E-state index in [0.717, 1.165) is 18.4 Å². The van der Waals surface area contributed by atoms with Gasteiger partial charge in [-0.15, -0.1) is 0 Å². The summed E-state index contributed by atoms with van der Waals surface area (Å²) in [7, 11) is 3.15. The lowest BCUT2D eigenvalue weighted by molar-refractivity contribution is -0.0498. The molecule has 1 heterocycles. The maximum atomic E-state index is 12.9. The molecule has 2 aromatic rings. The molecule has 1 aliphatic rings. The molecule has 0 spiro atoms. The molecular formula is C20H21F2NO4. The fourth-order valence-electron chi connectivity index (χ4n) is 3.36. The van der Waals surface area contributed by atoms with Crippen molar-refractivity contribution in [3.8, 4) is 17.2 Å². The number of carbonyl (C=O) groups excluding carboxylic acids is 1. The highest BCUT2D eigenvalue weighted by Gasteiger charge is 2.31. The van der Waals surface area contributed by atoms with Crippen LogP contribution in [0.3, 0.4) is 0 Å². The van der Waals surface area contributed by atoms with E-state index in [2.05, 4.69) is 4.74 Å². The summed E-state index contributed by atoms with van der Waals surface area (Å²) in [6.07, 6.45) is 1.73. The third kappa shape index (κ3) is 4.13. The average molecular weight is 377 g/mol. The third-order valence-electron chi connectivity index (χ3n) is 4.63. The molecule has 3 rings (SSSR count). The standard InChI is InChI=1S/C20H21F2NO4/c1-25-17-10-7-14(12-18(17)26-2)16-4-3-11-23(16)19(24)13-5-8-15(9-6-13)27-20(21)22/h5-10,12,16,20H,3-4,11H2,1-2H3. The Morgan fingerprint density at radius 3 is 2.41 bits per heavy atom. The van der Waals surface area contributed by atoms with Gasteiger partial charge in [0.05, 0.1) is 20.3 Å². The molecule has 7 heteroatoms. The van der Waals surface area contributed by atoms with E-state index in [-0.39, 0.29) is 17.7 Å². The van der Waals surface area contributed by atoms with Crippen LogP contribution in [0.25, 0.3) is 0 Å². The number of amides is 1. The lowest BCUT2D eigenvalue weighted by atomic mass is 10.0. The minimum atomic E-state index is -2.89. The Balaban J connectivity index is 1.80. The molecule has 0 saturated carbocycles. The summed E-state index contributed by atoms with van der Waals surface area (Å²) in [5.74, 6) is 1.13. The second-order valence-corrected chi connectivity index (χ2v) is 6.17. The van der Waals surface area contributed by atoms with E-state index in [0.29, 0.717) is 23.6 Å². The number of benzene rings is 2. The van der Waals surface area contributed by atoms with Crippen molar-refractivity contribution in [3.63, 3.8) is 0 Å². The number of likely N-dealkylation sites (tertiary alicyclic amines) is 1. The fourth-order valence-corrected chi connectivity index (χ4v) is 3.36. The molecular weight excluding hydrogens is 356 g/mol. The average Bonchev–Trinajstić information content (AvgIpc) is 3.16. The largest absolute Gasteiger partial charge is 0.493 e. The van der Waals surface area contributed by atoms with Crippen LogP contribution in [0.2, 0.25) is 0 Å². The van der Waals surface area contributed by atoms with Crippen molar-refractivity contribution in [1.29, 1.82) is 0 Å². The van der Waals surface area contributed by atoms with Gasteiger partial charge in [-0.25, -0.2) is 0 Å². The number of ether oxygens (including phenoxy) is 3. The summed E-state index contributed by atoms with van der Waals surface area (Å²) in [6.45, 7) is -2.26. The Bertz CT molecular complexity index is 795. The number of nitrogens with zero attached hydrogens (tertiary/aromatic N) is 1. The van der Waals surface area contributed by atoms with E-state index in [1.165, 1.54) is 24.3 Å². The summed E-state index contributed by atoms with van der Waals surface area (Å²) in [4.78, 5) is 14.7. The van der Waals surface area contributed by atoms with Crippen LogP contribution in [0.5, 0.6) is 17.2 Å². The minimum absolute atomic E-state index is 0.0272. The Kier molecular flexibility index (Phi) is 5.78. The van der Waals surface area contributed by atoms with E-state index < -0.39 is 6.61 Å². The molecule has 1 amide bonds. The molecule has 2 aromatic carbocycles. The zero-order chi connectivity index (χ0) is 19.4. The molecule has 1 saturated heterocycles. The van der Waals surface area contributed by atoms with E-state index in [9.17, 15) is 13.6 Å². The maximum Gasteiger partial charge on any atom is 0.387 e. The minimum Gasteiger partial charge on any atom is -0.493 e. The number of hydrogen-bond donors (Lipinski definition) is 0. The Morgan fingerprint density at radius 2 is 1.78 bits per heavy atom. The van der Waals surface area contributed by atoms with E-state index in [4.69, 9.17) is 9.47 Å². The Labute approximate surface area is 156 Å². The van der Waals surface area contributed by atoms with Gasteiger partial charge in [-0.3, -0.25) is 4.79 Å². The van der Waals surface area contributed by atoms with E-state index >= 15 is 0 Å². The van der Waals surface area contributed by atoms with Crippen LogP contribution in [0.15, 0.2) is 42.5 Å². The predicted octanol–water partition coefficient (Wildman–Crippen LogP) is 4.28. The van der Waals surface area contributed by atoms with E-state index in [1.807, 2.05) is 18.2 Å². The van der Waals surface area contributed by atoms with Gasteiger partial charge in [-0.1, -0.05) is 6.07 Å². The molecule has 1 atom stereocenters. The number of hydrogen-bond acceptors (Lipinski definition) is 4. The molecule has 1 fully saturated rings. The summed E-state index contributed by atoms with van der Waals surface area (Å²) in [5.41, 5.74) is 1.40. The van der Waals surface area contributed by atoms with Crippen molar-refractivity contribution in [3.05, 3.63) is 53.6 Å². The summed E-state index contributed by atoms with van der Waals surface area (Å²) in [6, 6.07) is 11.3. The molecule has 1 unspecified atom stereocenters. The van der Waals surface area contributed by atoms with Crippen LogP contribution >= 0.6 is 0 Å². The van der Waals surface area contributed by atoms with Crippen LogP contribution in [0.4, 0.5) is 8.78 Å². The van der Waals surface area contributed by atoms with Gasteiger partial charge in [0, 0.05) is 12.1 Å². The molecule has 0 radical (unpaired) electrons. The quantitative estimate of drug-likeness (QED) is 0.754. The second-order valence-electron chi connectivity index (χ2n) is 6.17. The first-order chi connectivity index (χ1) is 13.0. The summed E-state index contributed by atoms with van der Waals surface area (Å²) < 4.78 is 39.5. The summed E-state index contributed by atoms with van der Waals surface area (Å²) >= 11 is 0. The number of rotatable bonds is 6. The SMILES string of the molecule is COc1ccc(C2CCCN2C(=O)c2ccc(OC(F)F)cc2)cc1OC. The third-order valence-corrected chi connectivity index (χ3v) is 4.63. The van der Waals surface area contributed by atoms with Gasteiger partial charge in [-0.05, 0) is 54.8 Å². The van der Waals surface area contributed by atoms with Gasteiger partial charge in [-0.2, -0.15) is 8.78 Å². The fraction of sp³-hybridized carbons (Fsp3) is 0.350. The zero-order valence-electron chi connectivity index (χ0n) is 15.2. The molecule has 0 bridgehead atoms. The molecule has 144 valence electrons. The van der Waals surface area contributed by atoms with Gasteiger partial charge in [0.2, 0.25) is 0 Å². The van der Waals surface area contributed by atoms with E-state index in [1.54, 1.807) is 19.1 Å². The maximum absolute atomic E-state index is 12.9. The molecule has 0 N–H and O–H groups in total. The van der Waals surface area contributed by atoms with Gasteiger partial charge >= 0.3 is 6.61 Å². The Morgan fingerprint density at radius 1 is 1.07 bits per heavy atom. The van der Waals surface area contributed by atoms with Gasteiger partial charge < -0.3 is 19.1 Å². The molecule has 5 nitrogen and oxygen atoms in total. The summed E-state index contributed by atoms with van der Waals surface area (Å²) in [5, 5.41) is 0. The zero-order valence-corrected chi connectivity index (χ0v) is 15.2. The number of methoxy groups -OCH3 is 2. The Hall–Kier alpha value is -2.83. The van der Waals surface area contributed by atoms with Gasteiger partial charge in [0.1, 0.15) is 5.75 Å². The van der Waals surface area contributed by atoms with Gasteiger partial charge in [0.15, 0.2) is 11.5 Å². The van der Waals surface area contributed by atoms with Crippen molar-refractivity contribution in [2.24, 2.45) is 0 Å². The number of carbonyl (C=O) groups is 1. The molecule has 0 aromatic heterocycles. The number of halogens is 2. The van der Waals surface area contributed by atoms with Crippen molar-refractivity contribution in [2.75, 3.05) is 20.8 Å². The van der Waals surface area contributed by atoms with Gasteiger partial charge in [0.25, 0.3) is 5.91 Å². The first-order valence-corrected chi connectivity index (χ1v) is 8.61. The van der Waals surface area contributed by atoms with Crippen molar-refractivity contribution in [2.45, 2.75) is 25.5 Å². The predicted molar refractivity (Wildman–Crippen MR) is 95.6 cm³/mol. The smallest absolute Gasteiger partial charge is 0.387 e. The first-order valence-electron chi connectivity index (χ1n) is 8.61. The molecule has 1 aliphatic heterocycles. The second kappa shape index (κ2) is 8.24. The van der Waals surface area contributed by atoms with Crippen LogP contribution in [0.1, 0.15) is 34.8 Å². The normalized spacial score (nSPS) is 16.5.